The molecule has 0 aliphatic carbocycles. The third-order valence-electron chi connectivity index (χ3n) is 4.75. The van der Waals surface area contributed by atoms with Crippen molar-refractivity contribution in [2.75, 3.05) is 6.61 Å². The van der Waals surface area contributed by atoms with E-state index in [-0.39, 0.29) is 6.42 Å². The highest BCUT2D eigenvalue weighted by Gasteiger charge is 2.30. The third kappa shape index (κ3) is 10.6. The number of primary amides is 1. The number of aliphatic hydroxyl groups excluding tert-OH is 1. The van der Waals surface area contributed by atoms with E-state index in [0.717, 1.165) is 0 Å². The van der Waals surface area contributed by atoms with Gasteiger partial charge in [0.2, 0.25) is 23.6 Å². The molecule has 0 aliphatic heterocycles. The van der Waals surface area contributed by atoms with Gasteiger partial charge in [-0.3, -0.25) is 24.0 Å². The van der Waals surface area contributed by atoms with Crippen LogP contribution in [0.1, 0.15) is 24.8 Å². The number of aliphatic carboxylic acids is 2. The van der Waals surface area contributed by atoms with Crippen LogP contribution < -0.4 is 27.4 Å². The Labute approximate surface area is 200 Å². The minimum absolute atomic E-state index is 0.0748. The Hall–Kier alpha value is -4.04. The average Bonchev–Trinajstić information content (AvgIpc) is 2.79. The van der Waals surface area contributed by atoms with Crippen LogP contribution in [0.15, 0.2) is 30.3 Å². The summed E-state index contributed by atoms with van der Waals surface area (Å²) in [6.07, 6.45) is -1.55. The van der Waals surface area contributed by atoms with E-state index in [0.29, 0.717) is 5.56 Å². The summed E-state index contributed by atoms with van der Waals surface area (Å²) >= 11 is 0. The quantitative estimate of drug-likeness (QED) is 0.121. The molecule has 1 aromatic rings. The standard InChI is InChI=1S/C21H29N5O9/c22-12(9-16(23)28)18(31)26-15(10-27)20(33)24-13(6-7-17(29)30)19(32)25-14(21(34)35)8-11-4-2-1-3-5-11/h1-5,12-15,27H,6-10,22H2,(H2,23,28)(H,24,33)(H,25,32)(H,26,31)(H,29,30)(H,34,35). The van der Waals surface area contributed by atoms with E-state index in [9.17, 15) is 39.0 Å². The number of hydrogen-bond donors (Lipinski definition) is 8. The normalized spacial score (nSPS) is 14.0. The SMILES string of the molecule is NC(=O)CC(N)C(=O)NC(CO)C(=O)NC(CCC(=O)O)C(=O)NC(Cc1ccccc1)C(=O)O. The number of carbonyl (C=O) groups is 6. The van der Waals surface area contributed by atoms with Gasteiger partial charge in [0, 0.05) is 12.8 Å². The fourth-order valence-electron chi connectivity index (χ4n) is 2.91. The molecule has 14 heteroatoms. The number of amides is 4. The van der Waals surface area contributed by atoms with Crippen LogP contribution in [-0.4, -0.2) is 81.7 Å². The highest BCUT2D eigenvalue weighted by molar-refractivity contribution is 5.95. The first-order valence-corrected chi connectivity index (χ1v) is 10.5. The molecule has 0 aromatic heterocycles. The molecule has 0 aliphatic rings. The fraction of sp³-hybridized carbons (Fsp3) is 0.429. The number of benzene rings is 1. The minimum Gasteiger partial charge on any atom is -0.481 e. The Bertz CT molecular complexity index is 925. The van der Waals surface area contributed by atoms with E-state index in [2.05, 4.69) is 16.0 Å². The number of carbonyl (C=O) groups excluding carboxylic acids is 4. The van der Waals surface area contributed by atoms with E-state index in [1.165, 1.54) is 0 Å². The Kier molecular flexibility index (Phi) is 11.8. The van der Waals surface area contributed by atoms with Crippen molar-refractivity contribution in [1.82, 2.24) is 16.0 Å². The molecule has 0 fully saturated rings. The molecule has 14 nitrogen and oxygen atoms in total. The van der Waals surface area contributed by atoms with Gasteiger partial charge in [0.15, 0.2) is 0 Å². The first-order chi connectivity index (χ1) is 16.4. The van der Waals surface area contributed by atoms with Crippen LogP contribution >= 0.6 is 0 Å². The van der Waals surface area contributed by atoms with Gasteiger partial charge in [-0.1, -0.05) is 30.3 Å². The highest BCUT2D eigenvalue weighted by Crippen LogP contribution is 2.06. The third-order valence-corrected chi connectivity index (χ3v) is 4.75. The number of nitrogens with one attached hydrogen (secondary N) is 3. The molecule has 0 spiro atoms. The maximum atomic E-state index is 12.8. The lowest BCUT2D eigenvalue weighted by atomic mass is 10.0. The largest absolute Gasteiger partial charge is 0.481 e. The lowest BCUT2D eigenvalue weighted by molar-refractivity contribution is -0.143. The van der Waals surface area contributed by atoms with Crippen LogP contribution in [0.4, 0.5) is 0 Å². The number of rotatable bonds is 15. The predicted octanol–water partition coefficient (Wildman–Crippen LogP) is -3.17. The first-order valence-electron chi connectivity index (χ1n) is 10.5. The summed E-state index contributed by atoms with van der Waals surface area (Å²) in [5, 5.41) is 34.5. The lowest BCUT2D eigenvalue weighted by Crippen LogP contribution is -2.58. The second-order valence-electron chi connectivity index (χ2n) is 7.60. The molecule has 192 valence electrons. The number of aliphatic hydroxyl groups is 1. The van der Waals surface area contributed by atoms with Crippen molar-refractivity contribution in [1.29, 1.82) is 0 Å². The van der Waals surface area contributed by atoms with Crippen molar-refractivity contribution < 1.29 is 44.1 Å². The summed E-state index contributed by atoms with van der Waals surface area (Å²) in [7, 11) is 0. The Morgan fingerprint density at radius 2 is 1.37 bits per heavy atom. The second kappa shape index (κ2) is 14.3. The van der Waals surface area contributed by atoms with Crippen molar-refractivity contribution in [3.8, 4) is 0 Å². The monoisotopic (exact) mass is 495 g/mol. The molecular formula is C21H29N5O9. The van der Waals surface area contributed by atoms with E-state index in [1.807, 2.05) is 0 Å². The summed E-state index contributed by atoms with van der Waals surface area (Å²) < 4.78 is 0. The molecule has 4 unspecified atom stereocenters. The zero-order valence-electron chi connectivity index (χ0n) is 18.7. The molecule has 10 N–H and O–H groups in total. The topological polar surface area (TPSA) is 251 Å². The smallest absolute Gasteiger partial charge is 0.326 e. The van der Waals surface area contributed by atoms with Crippen LogP contribution in [0.5, 0.6) is 0 Å². The molecule has 0 heterocycles. The number of hydrogen-bond acceptors (Lipinski definition) is 8. The van der Waals surface area contributed by atoms with Gasteiger partial charge in [-0.25, -0.2) is 4.79 Å². The molecule has 0 saturated carbocycles. The van der Waals surface area contributed by atoms with Crippen LogP contribution in [0.25, 0.3) is 0 Å². The van der Waals surface area contributed by atoms with Crippen molar-refractivity contribution in [2.24, 2.45) is 11.5 Å². The predicted molar refractivity (Wildman–Crippen MR) is 119 cm³/mol. The fourth-order valence-corrected chi connectivity index (χ4v) is 2.91. The summed E-state index contributed by atoms with van der Waals surface area (Å²) in [5.74, 6) is -6.51. The molecule has 35 heavy (non-hydrogen) atoms. The molecule has 0 bridgehead atoms. The number of carboxylic acid groups (broad SMARTS) is 2. The zero-order chi connectivity index (χ0) is 26.5. The van der Waals surface area contributed by atoms with Gasteiger partial charge in [0.1, 0.15) is 18.1 Å². The summed E-state index contributed by atoms with van der Waals surface area (Å²) in [4.78, 5) is 70.9. The van der Waals surface area contributed by atoms with E-state index in [1.54, 1.807) is 30.3 Å². The van der Waals surface area contributed by atoms with E-state index in [4.69, 9.17) is 16.6 Å². The van der Waals surface area contributed by atoms with Crippen molar-refractivity contribution in [3.05, 3.63) is 35.9 Å². The highest BCUT2D eigenvalue weighted by atomic mass is 16.4. The van der Waals surface area contributed by atoms with Crippen molar-refractivity contribution in [2.45, 2.75) is 49.9 Å². The summed E-state index contributed by atoms with van der Waals surface area (Å²) in [5.41, 5.74) is 11.1. The lowest BCUT2D eigenvalue weighted by Gasteiger charge is -2.24. The number of carboxylic acids is 2. The average molecular weight is 495 g/mol. The van der Waals surface area contributed by atoms with Gasteiger partial charge in [-0.05, 0) is 12.0 Å². The maximum Gasteiger partial charge on any atom is 0.326 e. The molecule has 1 aromatic carbocycles. The minimum atomic E-state index is -1.60. The molecular weight excluding hydrogens is 466 g/mol. The molecule has 1 rings (SSSR count). The van der Waals surface area contributed by atoms with Crippen LogP contribution in [0, 0.1) is 0 Å². The Balaban J connectivity index is 2.93. The van der Waals surface area contributed by atoms with Gasteiger partial charge in [0.05, 0.1) is 19.1 Å². The summed E-state index contributed by atoms with van der Waals surface area (Å²) in [6.45, 7) is -0.917. The van der Waals surface area contributed by atoms with Crippen molar-refractivity contribution >= 4 is 35.6 Å². The molecule has 4 amide bonds. The second-order valence-corrected chi connectivity index (χ2v) is 7.60. The van der Waals surface area contributed by atoms with Crippen molar-refractivity contribution in [3.63, 3.8) is 0 Å². The van der Waals surface area contributed by atoms with Gasteiger partial charge in [-0.15, -0.1) is 0 Å². The van der Waals surface area contributed by atoms with Gasteiger partial charge >= 0.3 is 11.9 Å². The molecule has 0 saturated heterocycles. The van der Waals surface area contributed by atoms with Crippen LogP contribution in [0.3, 0.4) is 0 Å². The van der Waals surface area contributed by atoms with Gasteiger partial charge in [0.25, 0.3) is 0 Å². The van der Waals surface area contributed by atoms with Gasteiger partial charge in [-0.2, -0.15) is 0 Å². The molecule has 4 atom stereocenters. The van der Waals surface area contributed by atoms with Gasteiger partial charge < -0.3 is 42.7 Å². The first kappa shape index (κ1) is 29.0. The van der Waals surface area contributed by atoms with Crippen LogP contribution in [-0.2, 0) is 35.2 Å². The Morgan fingerprint density at radius 1 is 0.829 bits per heavy atom. The maximum absolute atomic E-state index is 12.8. The van der Waals surface area contributed by atoms with E-state index >= 15 is 0 Å². The van der Waals surface area contributed by atoms with E-state index < -0.39 is 85.6 Å². The summed E-state index contributed by atoms with van der Waals surface area (Å²) in [6, 6.07) is 2.54. The molecule has 0 radical (unpaired) electrons. The van der Waals surface area contributed by atoms with Crippen LogP contribution in [0.2, 0.25) is 0 Å². The Morgan fingerprint density at radius 3 is 1.89 bits per heavy atom. The number of nitrogens with two attached hydrogens (primary N) is 2. The zero-order valence-corrected chi connectivity index (χ0v) is 18.7.